The number of sulfonamides is 1. The number of halogens is 1. The zero-order chi connectivity index (χ0) is 18.3. The molecule has 5 nitrogen and oxygen atoms in total. The van der Waals surface area contributed by atoms with Gasteiger partial charge in [-0.05, 0) is 47.4 Å². The first-order valence-corrected chi connectivity index (χ1v) is 10.5. The van der Waals surface area contributed by atoms with Crippen LogP contribution < -0.4 is 0 Å². The van der Waals surface area contributed by atoms with Crippen LogP contribution in [0.4, 0.5) is 0 Å². The van der Waals surface area contributed by atoms with Gasteiger partial charge in [0.2, 0.25) is 10.0 Å². The van der Waals surface area contributed by atoms with Crippen molar-refractivity contribution in [1.29, 1.82) is 0 Å². The summed E-state index contributed by atoms with van der Waals surface area (Å²) in [5.74, 6) is 0. The molecule has 0 unspecified atom stereocenters. The van der Waals surface area contributed by atoms with E-state index in [-0.39, 0.29) is 0 Å². The molecule has 0 saturated heterocycles. The first kappa shape index (κ1) is 17.3. The van der Waals surface area contributed by atoms with Gasteiger partial charge in [-0.2, -0.15) is 4.31 Å². The number of hydrogen-bond donors (Lipinski definition) is 1. The molecule has 0 atom stereocenters. The quantitative estimate of drug-likeness (QED) is 0.740. The van der Waals surface area contributed by atoms with E-state index in [0.29, 0.717) is 24.5 Å². The van der Waals surface area contributed by atoms with Crippen LogP contribution in [0.3, 0.4) is 0 Å². The molecule has 0 fully saturated rings. The van der Waals surface area contributed by atoms with Crippen LogP contribution >= 0.6 is 11.6 Å². The van der Waals surface area contributed by atoms with Gasteiger partial charge in [0, 0.05) is 35.4 Å². The van der Waals surface area contributed by atoms with Crippen molar-refractivity contribution >= 4 is 38.2 Å². The second-order valence-electron chi connectivity index (χ2n) is 6.41. The molecule has 0 amide bonds. The van der Waals surface area contributed by atoms with E-state index in [1.165, 1.54) is 10.6 Å². The predicted molar refractivity (Wildman–Crippen MR) is 106 cm³/mol. The Morgan fingerprint density at radius 2 is 2.08 bits per heavy atom. The summed E-state index contributed by atoms with van der Waals surface area (Å²) >= 11 is 6.14. The molecule has 0 radical (unpaired) electrons. The fourth-order valence-corrected chi connectivity index (χ4v) is 4.26. The average molecular weight is 388 g/mol. The summed E-state index contributed by atoms with van der Waals surface area (Å²) in [5.41, 5.74) is 5.00. The Bertz CT molecular complexity index is 1120. The van der Waals surface area contributed by atoms with Crippen LogP contribution in [-0.4, -0.2) is 42.0 Å². The van der Waals surface area contributed by atoms with Crippen molar-refractivity contribution in [2.24, 2.45) is 0 Å². The van der Waals surface area contributed by atoms with E-state index in [0.717, 1.165) is 33.4 Å². The molecule has 1 aliphatic heterocycles. The molecule has 0 bridgehead atoms. The van der Waals surface area contributed by atoms with Crippen LogP contribution in [0, 0.1) is 0 Å². The van der Waals surface area contributed by atoms with Gasteiger partial charge in [0.25, 0.3) is 0 Å². The second-order valence-corrected chi connectivity index (χ2v) is 8.83. The SMILES string of the molecule is CS(=O)(=O)N1CC=C(c2cc3c(-c4cccc(Cl)c4)ccnc3[nH]2)CC1. The number of pyridine rings is 1. The normalized spacial score (nSPS) is 16.0. The molecule has 4 rings (SSSR count). The third kappa shape index (κ3) is 3.28. The number of nitrogens with zero attached hydrogens (tertiary/aromatic N) is 2. The highest BCUT2D eigenvalue weighted by Crippen LogP contribution is 2.32. The number of aromatic amines is 1. The first-order chi connectivity index (χ1) is 12.4. The standard InChI is InChI=1S/C19H18ClN3O2S/c1-26(24,25)23-9-6-13(7-10-23)18-12-17-16(5-8-21-19(17)22-18)14-3-2-4-15(20)11-14/h2-6,8,11-12H,7,9-10H2,1H3,(H,21,22). The van der Waals surface area contributed by atoms with Crippen molar-refractivity contribution in [3.05, 3.63) is 59.4 Å². The Morgan fingerprint density at radius 1 is 1.23 bits per heavy atom. The predicted octanol–water partition coefficient (Wildman–Crippen LogP) is 3.93. The molecule has 1 N–H and O–H groups in total. The van der Waals surface area contributed by atoms with Crippen LogP contribution in [0.1, 0.15) is 12.1 Å². The largest absolute Gasteiger partial charge is 0.339 e. The summed E-state index contributed by atoms with van der Waals surface area (Å²) in [7, 11) is -3.15. The molecule has 1 aliphatic rings. The zero-order valence-corrected chi connectivity index (χ0v) is 15.8. The van der Waals surface area contributed by atoms with Gasteiger partial charge in [-0.3, -0.25) is 0 Å². The monoisotopic (exact) mass is 387 g/mol. The maximum atomic E-state index is 11.7. The van der Waals surface area contributed by atoms with Crippen LogP contribution in [0.25, 0.3) is 27.7 Å². The van der Waals surface area contributed by atoms with E-state index in [2.05, 4.69) is 16.0 Å². The summed E-state index contributed by atoms with van der Waals surface area (Å²) in [4.78, 5) is 7.80. The van der Waals surface area contributed by atoms with Gasteiger partial charge in [0.05, 0.1) is 6.26 Å². The summed E-state index contributed by atoms with van der Waals surface area (Å²) in [6.45, 7) is 0.896. The molecule has 3 heterocycles. The third-order valence-electron chi connectivity index (χ3n) is 4.65. The Morgan fingerprint density at radius 3 is 2.77 bits per heavy atom. The lowest BCUT2D eigenvalue weighted by Crippen LogP contribution is -2.33. The van der Waals surface area contributed by atoms with Crippen LogP contribution in [0.2, 0.25) is 5.02 Å². The van der Waals surface area contributed by atoms with Crippen LogP contribution in [0.15, 0.2) is 48.7 Å². The zero-order valence-electron chi connectivity index (χ0n) is 14.2. The Balaban J connectivity index is 1.73. The minimum atomic E-state index is -3.15. The van der Waals surface area contributed by atoms with E-state index < -0.39 is 10.0 Å². The number of nitrogens with one attached hydrogen (secondary N) is 1. The first-order valence-electron chi connectivity index (χ1n) is 8.30. The lowest BCUT2D eigenvalue weighted by molar-refractivity contribution is 0.445. The van der Waals surface area contributed by atoms with E-state index in [9.17, 15) is 8.42 Å². The smallest absolute Gasteiger partial charge is 0.211 e. The molecule has 1 aromatic carbocycles. The molecule has 0 aliphatic carbocycles. The average Bonchev–Trinajstić information content (AvgIpc) is 3.05. The summed E-state index contributed by atoms with van der Waals surface area (Å²) in [6, 6.07) is 11.8. The molecule has 0 spiro atoms. The number of fused-ring (bicyclic) bond motifs is 1. The molecule has 2 aromatic heterocycles. The number of rotatable bonds is 3. The highest BCUT2D eigenvalue weighted by molar-refractivity contribution is 7.88. The minimum absolute atomic E-state index is 0.401. The summed E-state index contributed by atoms with van der Waals surface area (Å²) in [5, 5.41) is 1.72. The molecule has 0 saturated carbocycles. The molecule has 7 heteroatoms. The van der Waals surface area contributed by atoms with E-state index in [1.807, 2.05) is 36.4 Å². The summed E-state index contributed by atoms with van der Waals surface area (Å²) < 4.78 is 24.8. The fraction of sp³-hybridized carbons (Fsp3) is 0.211. The van der Waals surface area contributed by atoms with Crippen molar-refractivity contribution in [3.63, 3.8) is 0 Å². The van der Waals surface area contributed by atoms with Crippen molar-refractivity contribution in [3.8, 4) is 11.1 Å². The van der Waals surface area contributed by atoms with Crippen LogP contribution in [-0.2, 0) is 10.0 Å². The topological polar surface area (TPSA) is 66.1 Å². The molecule has 26 heavy (non-hydrogen) atoms. The van der Waals surface area contributed by atoms with E-state index >= 15 is 0 Å². The molecule has 3 aromatic rings. The molecule has 134 valence electrons. The van der Waals surface area contributed by atoms with Gasteiger partial charge in [-0.25, -0.2) is 13.4 Å². The van der Waals surface area contributed by atoms with Crippen molar-refractivity contribution in [1.82, 2.24) is 14.3 Å². The Labute approximate surface area is 157 Å². The maximum absolute atomic E-state index is 11.7. The summed E-state index contributed by atoms with van der Waals surface area (Å²) in [6.07, 6.45) is 5.66. The van der Waals surface area contributed by atoms with Gasteiger partial charge in [-0.1, -0.05) is 29.8 Å². The van der Waals surface area contributed by atoms with Gasteiger partial charge < -0.3 is 4.98 Å². The van der Waals surface area contributed by atoms with Gasteiger partial charge in [0.15, 0.2) is 0 Å². The Kier molecular flexibility index (Phi) is 4.34. The maximum Gasteiger partial charge on any atom is 0.211 e. The fourth-order valence-electron chi connectivity index (χ4n) is 3.30. The molecular weight excluding hydrogens is 370 g/mol. The Hall–Kier alpha value is -2.15. The number of benzene rings is 1. The second kappa shape index (κ2) is 6.54. The van der Waals surface area contributed by atoms with Crippen molar-refractivity contribution in [2.75, 3.05) is 19.3 Å². The number of hydrogen-bond acceptors (Lipinski definition) is 3. The third-order valence-corrected chi connectivity index (χ3v) is 6.16. The van der Waals surface area contributed by atoms with Gasteiger partial charge in [0.1, 0.15) is 5.65 Å². The van der Waals surface area contributed by atoms with Crippen LogP contribution in [0.5, 0.6) is 0 Å². The lowest BCUT2D eigenvalue weighted by atomic mass is 10.0. The van der Waals surface area contributed by atoms with E-state index in [4.69, 9.17) is 11.6 Å². The van der Waals surface area contributed by atoms with Crippen molar-refractivity contribution in [2.45, 2.75) is 6.42 Å². The van der Waals surface area contributed by atoms with Crippen molar-refractivity contribution < 1.29 is 8.42 Å². The number of H-pyrrole nitrogens is 1. The number of aromatic nitrogens is 2. The lowest BCUT2D eigenvalue weighted by Gasteiger charge is -2.23. The van der Waals surface area contributed by atoms with Gasteiger partial charge in [-0.15, -0.1) is 0 Å². The highest BCUT2D eigenvalue weighted by atomic mass is 35.5. The minimum Gasteiger partial charge on any atom is -0.339 e. The van der Waals surface area contributed by atoms with Gasteiger partial charge >= 0.3 is 0 Å². The van der Waals surface area contributed by atoms with E-state index in [1.54, 1.807) is 6.20 Å². The molecular formula is C19H18ClN3O2S. The highest BCUT2D eigenvalue weighted by Gasteiger charge is 2.21.